The summed E-state index contributed by atoms with van der Waals surface area (Å²) < 4.78 is 2.21. The lowest BCUT2D eigenvalue weighted by molar-refractivity contribution is 0.0697. The summed E-state index contributed by atoms with van der Waals surface area (Å²) >= 11 is 0. The monoisotopic (exact) mass is 550 g/mol. The van der Waals surface area contributed by atoms with Gasteiger partial charge in [0.1, 0.15) is 5.82 Å². The average molecular weight is 551 g/mol. The Kier molecular flexibility index (Phi) is 7.48. The van der Waals surface area contributed by atoms with Crippen molar-refractivity contribution in [1.29, 1.82) is 0 Å². The number of hydrogen-bond acceptors (Lipinski definition) is 3. The number of carbonyl (C=O) groups is 1. The molecule has 0 aliphatic carbocycles. The fourth-order valence-corrected chi connectivity index (χ4v) is 5.49. The van der Waals surface area contributed by atoms with Crippen molar-refractivity contribution in [3.63, 3.8) is 0 Å². The minimum atomic E-state index is -0.946. The van der Waals surface area contributed by atoms with Crippen LogP contribution in [0, 0.1) is 0 Å². The van der Waals surface area contributed by atoms with Crippen LogP contribution in [0.25, 0.3) is 44.4 Å². The molecule has 5 nitrogen and oxygen atoms in total. The quantitative estimate of drug-likeness (QED) is 0.208. The van der Waals surface area contributed by atoms with Crippen molar-refractivity contribution < 1.29 is 9.90 Å². The Hall–Kier alpha value is -5.29. The topological polar surface area (TPSA) is 72.2 Å². The van der Waals surface area contributed by atoms with Crippen LogP contribution in [0.5, 0.6) is 0 Å². The second-order valence-electron chi connectivity index (χ2n) is 10.4. The van der Waals surface area contributed by atoms with Gasteiger partial charge in [0.05, 0.1) is 16.6 Å². The van der Waals surface area contributed by atoms with Gasteiger partial charge >= 0.3 is 5.97 Å². The number of hydrogen-bond donors (Lipinski definition) is 1. The van der Waals surface area contributed by atoms with Gasteiger partial charge in [-0.05, 0) is 52.4 Å². The third-order valence-electron chi connectivity index (χ3n) is 7.57. The van der Waals surface area contributed by atoms with Gasteiger partial charge in [-0.15, -0.1) is 0 Å². The van der Waals surface area contributed by atoms with Crippen molar-refractivity contribution in [2.24, 2.45) is 0 Å². The van der Waals surface area contributed by atoms with Gasteiger partial charge in [-0.2, -0.15) is 0 Å². The van der Waals surface area contributed by atoms with E-state index in [4.69, 9.17) is 4.98 Å². The molecule has 0 bridgehead atoms. The van der Waals surface area contributed by atoms with Gasteiger partial charge in [-0.3, -0.25) is 4.79 Å². The molecule has 1 N–H and O–H groups in total. The number of carboxylic acid groups (broad SMARTS) is 1. The molecule has 0 radical (unpaired) electrons. The minimum absolute atomic E-state index is 0.0320. The van der Waals surface area contributed by atoms with E-state index in [9.17, 15) is 14.7 Å². The summed E-state index contributed by atoms with van der Waals surface area (Å²) in [4.78, 5) is 30.8. The number of imidazole rings is 1. The van der Waals surface area contributed by atoms with Crippen LogP contribution in [-0.2, 0) is 13.0 Å². The number of nitrogens with zero attached hydrogens (tertiary/aromatic N) is 2. The predicted molar refractivity (Wildman–Crippen MR) is 169 cm³/mol. The first-order chi connectivity index (χ1) is 20.5. The lowest BCUT2D eigenvalue weighted by Crippen LogP contribution is -2.07. The van der Waals surface area contributed by atoms with Crippen molar-refractivity contribution in [3.05, 3.63) is 149 Å². The molecular weight excluding hydrogens is 520 g/mol. The molecular formula is C37H30N2O3. The molecule has 0 atom stereocenters. The summed E-state index contributed by atoms with van der Waals surface area (Å²) in [5.41, 5.74) is 7.50. The molecule has 6 rings (SSSR count). The maximum Gasteiger partial charge on any atom is 0.336 e. The number of aromatic carboxylic acids is 1. The summed E-state index contributed by atoms with van der Waals surface area (Å²) in [6.07, 6.45) is 1.73. The summed E-state index contributed by atoms with van der Waals surface area (Å²) in [6.45, 7) is 2.71. The predicted octanol–water partition coefficient (Wildman–Crippen LogP) is 8.10. The van der Waals surface area contributed by atoms with E-state index in [0.29, 0.717) is 23.2 Å². The maximum atomic E-state index is 14.0. The Labute approximate surface area is 244 Å². The highest BCUT2D eigenvalue weighted by Gasteiger charge is 2.17. The highest BCUT2D eigenvalue weighted by Crippen LogP contribution is 2.29. The van der Waals surface area contributed by atoms with Crippen molar-refractivity contribution in [2.75, 3.05) is 0 Å². The Bertz CT molecular complexity index is 1940. The number of fused-ring (bicyclic) bond motifs is 1. The minimum Gasteiger partial charge on any atom is -0.478 e. The van der Waals surface area contributed by atoms with E-state index >= 15 is 0 Å². The van der Waals surface area contributed by atoms with Crippen LogP contribution in [0.2, 0.25) is 0 Å². The van der Waals surface area contributed by atoms with Crippen molar-refractivity contribution in [3.8, 4) is 33.4 Å². The summed E-state index contributed by atoms with van der Waals surface area (Å²) in [7, 11) is 0. The van der Waals surface area contributed by atoms with E-state index in [0.717, 1.165) is 52.0 Å². The standard InChI is InChI=1S/C37H30N2O3/c1-2-11-35-38-33-22-31(26-12-5-3-6-13-26)36(40)32(27-14-7-4-8-15-27)23-34(33)39(35)24-25-18-20-28(21-19-25)29-16-9-10-17-30(29)37(41)42/h3-10,12-23H,2,11,24H2,1H3,(H,41,42). The molecule has 0 saturated carbocycles. The summed E-state index contributed by atoms with van der Waals surface area (Å²) in [5.74, 6) is 0.0166. The van der Waals surface area contributed by atoms with E-state index in [2.05, 4.69) is 11.5 Å². The molecule has 1 heterocycles. The molecule has 0 unspecified atom stereocenters. The zero-order chi connectivity index (χ0) is 29.1. The molecule has 5 aromatic carbocycles. The van der Waals surface area contributed by atoms with Gasteiger partial charge in [-0.1, -0.05) is 110 Å². The SMILES string of the molecule is CCCc1nc2cc(-c3ccccc3)c(=O)c(-c3ccccc3)cc2n1Cc1ccc(-c2ccccc2C(=O)O)cc1. The third kappa shape index (κ3) is 5.25. The number of rotatable bonds is 8. The molecule has 206 valence electrons. The van der Waals surface area contributed by atoms with Crippen LogP contribution in [0.4, 0.5) is 0 Å². The summed E-state index contributed by atoms with van der Waals surface area (Å²) in [5, 5.41) is 9.64. The van der Waals surface area contributed by atoms with Crippen molar-refractivity contribution >= 4 is 17.0 Å². The van der Waals surface area contributed by atoms with E-state index in [-0.39, 0.29) is 11.0 Å². The molecule has 5 heteroatoms. The first-order valence-electron chi connectivity index (χ1n) is 14.1. The van der Waals surface area contributed by atoms with Crippen LogP contribution in [0.3, 0.4) is 0 Å². The second kappa shape index (κ2) is 11.7. The van der Waals surface area contributed by atoms with E-state index < -0.39 is 5.97 Å². The average Bonchev–Trinajstić information content (AvgIpc) is 3.26. The molecule has 0 spiro atoms. The van der Waals surface area contributed by atoms with Crippen LogP contribution >= 0.6 is 0 Å². The van der Waals surface area contributed by atoms with Crippen molar-refractivity contribution in [1.82, 2.24) is 9.55 Å². The Morgan fingerprint density at radius 2 is 1.29 bits per heavy atom. The molecule has 1 aromatic heterocycles. The second-order valence-corrected chi connectivity index (χ2v) is 10.4. The van der Waals surface area contributed by atoms with E-state index in [1.807, 2.05) is 109 Å². The third-order valence-corrected chi connectivity index (χ3v) is 7.57. The van der Waals surface area contributed by atoms with Gasteiger partial charge in [0.15, 0.2) is 5.43 Å². The highest BCUT2D eigenvalue weighted by atomic mass is 16.4. The molecule has 0 aliphatic rings. The fraction of sp³-hybridized carbons (Fsp3) is 0.108. The number of aryl methyl sites for hydroxylation is 1. The van der Waals surface area contributed by atoms with Gasteiger partial charge in [0.2, 0.25) is 0 Å². The maximum absolute atomic E-state index is 14.0. The molecule has 0 fully saturated rings. The van der Waals surface area contributed by atoms with Crippen LogP contribution in [0.15, 0.2) is 126 Å². The van der Waals surface area contributed by atoms with Gasteiger partial charge in [0.25, 0.3) is 0 Å². The molecule has 0 saturated heterocycles. The van der Waals surface area contributed by atoms with Gasteiger partial charge in [0, 0.05) is 24.1 Å². The molecule has 0 amide bonds. The number of carboxylic acids is 1. The lowest BCUT2D eigenvalue weighted by atomic mass is 9.99. The molecule has 6 aromatic rings. The van der Waals surface area contributed by atoms with Crippen molar-refractivity contribution in [2.45, 2.75) is 26.3 Å². The zero-order valence-electron chi connectivity index (χ0n) is 23.3. The van der Waals surface area contributed by atoms with Crippen LogP contribution < -0.4 is 5.43 Å². The Balaban J connectivity index is 1.51. The first kappa shape index (κ1) is 26.9. The smallest absolute Gasteiger partial charge is 0.336 e. The number of benzene rings is 4. The van der Waals surface area contributed by atoms with Crippen LogP contribution in [0.1, 0.15) is 35.1 Å². The molecule has 0 aliphatic heterocycles. The number of aromatic nitrogens is 2. The Morgan fingerprint density at radius 3 is 1.90 bits per heavy atom. The zero-order valence-corrected chi connectivity index (χ0v) is 23.3. The first-order valence-corrected chi connectivity index (χ1v) is 14.1. The van der Waals surface area contributed by atoms with Gasteiger partial charge in [-0.25, -0.2) is 9.78 Å². The summed E-state index contributed by atoms with van der Waals surface area (Å²) in [6, 6.07) is 38.5. The fourth-order valence-electron chi connectivity index (χ4n) is 5.49. The lowest BCUT2D eigenvalue weighted by Gasteiger charge is -2.11. The van der Waals surface area contributed by atoms with Crippen LogP contribution in [-0.4, -0.2) is 20.6 Å². The van der Waals surface area contributed by atoms with E-state index in [1.165, 1.54) is 0 Å². The van der Waals surface area contributed by atoms with E-state index in [1.54, 1.807) is 12.1 Å². The Morgan fingerprint density at radius 1 is 0.714 bits per heavy atom. The highest BCUT2D eigenvalue weighted by molar-refractivity contribution is 5.96. The molecule has 42 heavy (non-hydrogen) atoms. The largest absolute Gasteiger partial charge is 0.478 e. The van der Waals surface area contributed by atoms with Gasteiger partial charge < -0.3 is 9.67 Å². The normalized spacial score (nSPS) is 11.1.